The Hall–Kier alpha value is -0.600. The lowest BCUT2D eigenvalue weighted by Gasteiger charge is -2.32. The molecule has 1 fully saturated rings. The number of guanidine groups is 1. The Morgan fingerprint density at radius 3 is 2.57 bits per heavy atom. The molecule has 0 bridgehead atoms. The quantitative estimate of drug-likeness (QED) is 0.190. The molecule has 1 saturated heterocycles. The third-order valence-electron chi connectivity index (χ3n) is 5.03. The Morgan fingerprint density at radius 2 is 2.00 bits per heavy atom. The minimum Gasteiger partial charge on any atom is -0.356 e. The van der Waals surface area contributed by atoms with E-state index in [2.05, 4.69) is 32.1 Å². The fourth-order valence-corrected chi connectivity index (χ4v) is 5.15. The van der Waals surface area contributed by atoms with Crippen LogP contribution in [0, 0.1) is 6.92 Å². The minimum atomic E-state index is -3.12. The van der Waals surface area contributed by atoms with Crippen molar-refractivity contribution in [1.29, 1.82) is 0 Å². The number of rotatable bonds is 10. The second kappa shape index (κ2) is 13.7. The standard InChI is InChI=1S/C18H35N7O2S2.HI/c1-5-13-29(26,27)25-10-7-16(8-11-25)21-18(19-9-6-12-28-4)20-14-17-23-22-15(2)24(17)3;/h16H,5-14H2,1-4H3,(H2,19,20,21);1H. The number of halogens is 1. The third-order valence-corrected chi connectivity index (χ3v) is 7.80. The highest BCUT2D eigenvalue weighted by molar-refractivity contribution is 14.0. The Balaban J connectivity index is 0.00000450. The van der Waals surface area contributed by atoms with E-state index in [9.17, 15) is 8.42 Å². The minimum absolute atomic E-state index is 0. The van der Waals surface area contributed by atoms with Crippen molar-refractivity contribution in [2.75, 3.05) is 37.4 Å². The monoisotopic (exact) mass is 573 g/mol. The van der Waals surface area contributed by atoms with Gasteiger partial charge in [-0.25, -0.2) is 17.7 Å². The number of nitrogens with zero attached hydrogens (tertiary/aromatic N) is 5. The largest absolute Gasteiger partial charge is 0.356 e. The third kappa shape index (κ3) is 8.50. The van der Waals surface area contributed by atoms with Gasteiger partial charge in [0.25, 0.3) is 0 Å². The highest BCUT2D eigenvalue weighted by atomic mass is 127. The van der Waals surface area contributed by atoms with Gasteiger partial charge in [-0.3, -0.25) is 0 Å². The van der Waals surface area contributed by atoms with Gasteiger partial charge in [-0.05, 0) is 44.6 Å². The normalized spacial score (nSPS) is 16.3. The average molecular weight is 574 g/mol. The van der Waals surface area contributed by atoms with E-state index in [1.54, 1.807) is 4.31 Å². The van der Waals surface area contributed by atoms with Gasteiger partial charge in [-0.1, -0.05) is 6.92 Å². The summed E-state index contributed by atoms with van der Waals surface area (Å²) in [4.78, 5) is 4.69. The first-order chi connectivity index (χ1) is 13.9. The molecule has 1 aromatic rings. The van der Waals surface area contributed by atoms with Gasteiger partial charge in [0.05, 0.1) is 5.75 Å². The molecular formula is C18H36IN7O2S2. The summed E-state index contributed by atoms with van der Waals surface area (Å²) >= 11 is 1.83. The summed E-state index contributed by atoms with van der Waals surface area (Å²) in [6, 6.07) is 0.205. The second-order valence-electron chi connectivity index (χ2n) is 7.29. The molecule has 2 heterocycles. The molecule has 0 amide bonds. The fourth-order valence-electron chi connectivity index (χ4n) is 3.17. The molecule has 0 aliphatic carbocycles. The zero-order chi connectivity index (χ0) is 21.3. The fraction of sp³-hybridized carbons (Fsp3) is 0.833. The van der Waals surface area contributed by atoms with Crippen LogP contribution >= 0.6 is 35.7 Å². The van der Waals surface area contributed by atoms with Crippen LogP contribution in [0.5, 0.6) is 0 Å². The average Bonchev–Trinajstić information content (AvgIpc) is 3.01. The molecule has 9 nitrogen and oxygen atoms in total. The van der Waals surface area contributed by atoms with E-state index >= 15 is 0 Å². The number of hydrogen-bond acceptors (Lipinski definition) is 6. The first kappa shape index (κ1) is 27.4. The molecule has 174 valence electrons. The summed E-state index contributed by atoms with van der Waals surface area (Å²) in [5.41, 5.74) is 0. The summed E-state index contributed by atoms with van der Waals surface area (Å²) in [7, 11) is -1.18. The van der Waals surface area contributed by atoms with Gasteiger partial charge < -0.3 is 15.2 Å². The Bertz CT molecular complexity index is 763. The number of aryl methyl sites for hydroxylation is 1. The van der Waals surface area contributed by atoms with Crippen LogP contribution in [-0.4, -0.2) is 76.9 Å². The van der Waals surface area contributed by atoms with Crippen LogP contribution in [0.1, 0.15) is 44.3 Å². The van der Waals surface area contributed by atoms with Crippen LogP contribution < -0.4 is 10.6 Å². The maximum atomic E-state index is 12.3. The maximum Gasteiger partial charge on any atom is 0.214 e. The molecule has 2 N–H and O–H groups in total. The lowest BCUT2D eigenvalue weighted by Crippen LogP contribution is -2.50. The topological polar surface area (TPSA) is 105 Å². The highest BCUT2D eigenvalue weighted by Gasteiger charge is 2.27. The van der Waals surface area contributed by atoms with Crippen molar-refractivity contribution in [3.8, 4) is 0 Å². The molecule has 0 spiro atoms. The van der Waals surface area contributed by atoms with Gasteiger partial charge in [0.2, 0.25) is 10.0 Å². The smallest absolute Gasteiger partial charge is 0.214 e. The molecule has 0 saturated carbocycles. The molecule has 1 aliphatic heterocycles. The summed E-state index contributed by atoms with van der Waals surface area (Å²) in [5, 5.41) is 15.1. The van der Waals surface area contributed by atoms with Crippen molar-refractivity contribution in [3.05, 3.63) is 11.6 Å². The SMILES string of the molecule is CCCS(=O)(=O)N1CCC(NC(=NCc2nnc(C)n2C)NCCCSC)CC1.I. The van der Waals surface area contributed by atoms with Gasteiger partial charge in [0.15, 0.2) is 11.8 Å². The molecule has 2 rings (SSSR count). The van der Waals surface area contributed by atoms with Gasteiger partial charge >= 0.3 is 0 Å². The van der Waals surface area contributed by atoms with Gasteiger partial charge in [-0.2, -0.15) is 11.8 Å². The van der Waals surface area contributed by atoms with E-state index in [-0.39, 0.29) is 35.8 Å². The van der Waals surface area contributed by atoms with E-state index in [1.165, 1.54) is 0 Å². The molecule has 0 radical (unpaired) electrons. The van der Waals surface area contributed by atoms with E-state index < -0.39 is 10.0 Å². The van der Waals surface area contributed by atoms with Crippen LogP contribution in [0.25, 0.3) is 0 Å². The molecule has 0 aromatic carbocycles. The highest BCUT2D eigenvalue weighted by Crippen LogP contribution is 2.15. The van der Waals surface area contributed by atoms with Crippen molar-refractivity contribution < 1.29 is 8.42 Å². The Kier molecular flexibility index (Phi) is 12.6. The van der Waals surface area contributed by atoms with Crippen molar-refractivity contribution in [3.63, 3.8) is 0 Å². The number of hydrogen-bond donors (Lipinski definition) is 2. The number of aliphatic imine (C=N–C) groups is 1. The van der Waals surface area contributed by atoms with E-state index in [4.69, 9.17) is 0 Å². The number of piperidine rings is 1. The molecule has 12 heteroatoms. The summed E-state index contributed by atoms with van der Waals surface area (Å²) in [5.74, 6) is 3.75. The summed E-state index contributed by atoms with van der Waals surface area (Å²) < 4.78 is 28.1. The molecule has 1 aliphatic rings. The first-order valence-electron chi connectivity index (χ1n) is 10.2. The number of nitrogens with one attached hydrogen (secondary N) is 2. The number of aromatic nitrogens is 3. The van der Waals surface area contributed by atoms with Gasteiger partial charge in [0, 0.05) is 32.7 Å². The zero-order valence-corrected chi connectivity index (χ0v) is 22.4. The zero-order valence-electron chi connectivity index (χ0n) is 18.4. The van der Waals surface area contributed by atoms with E-state index in [0.29, 0.717) is 26.1 Å². The van der Waals surface area contributed by atoms with Crippen LogP contribution in [0.4, 0.5) is 0 Å². The predicted octanol–water partition coefficient (Wildman–Crippen LogP) is 1.73. The maximum absolute atomic E-state index is 12.3. The van der Waals surface area contributed by atoms with E-state index in [0.717, 1.165) is 49.2 Å². The van der Waals surface area contributed by atoms with Crippen molar-refractivity contribution in [2.24, 2.45) is 12.0 Å². The van der Waals surface area contributed by atoms with Crippen molar-refractivity contribution >= 4 is 51.7 Å². The van der Waals surface area contributed by atoms with E-state index in [1.807, 2.05) is 37.2 Å². The molecule has 1 aromatic heterocycles. The van der Waals surface area contributed by atoms with Crippen LogP contribution in [-0.2, 0) is 23.6 Å². The van der Waals surface area contributed by atoms with Crippen LogP contribution in [0.3, 0.4) is 0 Å². The summed E-state index contributed by atoms with van der Waals surface area (Å²) in [6.45, 7) is 6.22. The number of thioether (sulfide) groups is 1. The lowest BCUT2D eigenvalue weighted by atomic mass is 10.1. The second-order valence-corrected chi connectivity index (χ2v) is 10.4. The van der Waals surface area contributed by atoms with Gasteiger partial charge in [-0.15, -0.1) is 34.2 Å². The van der Waals surface area contributed by atoms with Crippen LogP contribution in [0.15, 0.2) is 4.99 Å². The summed E-state index contributed by atoms with van der Waals surface area (Å²) in [6.07, 6.45) is 5.36. The predicted molar refractivity (Wildman–Crippen MR) is 135 cm³/mol. The number of sulfonamides is 1. The first-order valence-corrected chi connectivity index (χ1v) is 13.2. The Morgan fingerprint density at radius 1 is 1.30 bits per heavy atom. The molecular weight excluding hydrogens is 537 g/mol. The Labute approximate surface area is 202 Å². The molecule has 0 unspecified atom stereocenters. The van der Waals surface area contributed by atoms with Gasteiger partial charge in [0.1, 0.15) is 12.4 Å². The van der Waals surface area contributed by atoms with Crippen LogP contribution in [0.2, 0.25) is 0 Å². The molecule has 30 heavy (non-hydrogen) atoms. The van der Waals surface area contributed by atoms with Crippen molar-refractivity contribution in [2.45, 2.75) is 52.1 Å². The van der Waals surface area contributed by atoms with Crippen molar-refractivity contribution in [1.82, 2.24) is 29.7 Å². The molecule has 0 atom stereocenters. The lowest BCUT2D eigenvalue weighted by molar-refractivity contribution is 0.306.